The molecule has 4 saturated carbocycles. The first-order valence-corrected chi connectivity index (χ1v) is 13.5. The quantitative estimate of drug-likeness (QED) is 0.585. The molecule has 1 aliphatic heterocycles. The molecule has 1 unspecified atom stereocenters. The molecule has 2 amide bonds. The number of ether oxygens (including phenoxy) is 2. The molecule has 1 saturated heterocycles. The molecule has 5 fully saturated rings. The van der Waals surface area contributed by atoms with Crippen LogP contribution in [0.25, 0.3) is 0 Å². The number of nitrogens with one attached hydrogen (secondary N) is 1. The standard InChI is InChI=1S/C28H40N2O4/c1-3-33-24-8-7-19(15-25(24)34-4-2)9-10-29-26(31)23-6-5-11-30(23)27(32)28-16-20-12-21(17-28)14-22(13-20)18-28/h7-8,15,20-23H,3-6,9-14,16-18H2,1-2H3,(H,29,31). The molecule has 6 nitrogen and oxygen atoms in total. The van der Waals surface area contributed by atoms with E-state index in [9.17, 15) is 9.59 Å². The van der Waals surface area contributed by atoms with E-state index in [4.69, 9.17) is 9.47 Å². The zero-order valence-corrected chi connectivity index (χ0v) is 20.8. The smallest absolute Gasteiger partial charge is 0.242 e. The van der Waals surface area contributed by atoms with Crippen molar-refractivity contribution in [2.24, 2.45) is 23.2 Å². The van der Waals surface area contributed by atoms with E-state index in [0.29, 0.717) is 26.2 Å². The van der Waals surface area contributed by atoms with Crippen molar-refractivity contribution in [3.8, 4) is 11.5 Å². The Kier molecular flexibility index (Phi) is 6.76. The number of benzene rings is 1. The molecule has 1 atom stereocenters. The van der Waals surface area contributed by atoms with E-state index >= 15 is 0 Å². The highest BCUT2D eigenvalue weighted by molar-refractivity contribution is 5.91. The van der Waals surface area contributed by atoms with E-state index in [1.165, 1.54) is 19.3 Å². The van der Waals surface area contributed by atoms with Crippen molar-refractivity contribution in [2.75, 3.05) is 26.3 Å². The lowest BCUT2D eigenvalue weighted by Crippen LogP contribution is -2.57. The van der Waals surface area contributed by atoms with Crippen LogP contribution < -0.4 is 14.8 Å². The highest BCUT2D eigenvalue weighted by Crippen LogP contribution is 2.60. The zero-order chi connectivity index (χ0) is 23.7. The van der Waals surface area contributed by atoms with Crippen LogP contribution in [0.1, 0.15) is 70.8 Å². The molecule has 0 radical (unpaired) electrons. The maximum absolute atomic E-state index is 13.8. The number of nitrogens with zero attached hydrogens (tertiary/aromatic N) is 1. The predicted octanol–water partition coefficient (Wildman–Crippen LogP) is 4.35. The molecule has 6 heteroatoms. The number of carbonyl (C=O) groups excluding carboxylic acids is 2. The Morgan fingerprint density at radius 1 is 1.00 bits per heavy atom. The average Bonchev–Trinajstić information content (AvgIpc) is 3.29. The van der Waals surface area contributed by atoms with Gasteiger partial charge in [0.05, 0.1) is 18.6 Å². The fourth-order valence-electron chi connectivity index (χ4n) is 7.66. The van der Waals surface area contributed by atoms with Crippen LogP contribution in [0.5, 0.6) is 11.5 Å². The largest absolute Gasteiger partial charge is 0.490 e. The van der Waals surface area contributed by atoms with E-state index in [2.05, 4.69) is 5.32 Å². The minimum Gasteiger partial charge on any atom is -0.490 e. The second kappa shape index (κ2) is 9.79. The fraction of sp³-hybridized carbons (Fsp3) is 0.714. The summed E-state index contributed by atoms with van der Waals surface area (Å²) in [5.41, 5.74) is 0.926. The minimum atomic E-state index is -0.306. The predicted molar refractivity (Wildman–Crippen MR) is 131 cm³/mol. The average molecular weight is 469 g/mol. The van der Waals surface area contributed by atoms with Crippen molar-refractivity contribution in [2.45, 2.75) is 77.7 Å². The lowest BCUT2D eigenvalue weighted by Gasteiger charge is -2.56. The van der Waals surface area contributed by atoms with Crippen LogP contribution >= 0.6 is 0 Å². The summed E-state index contributed by atoms with van der Waals surface area (Å²) in [5.74, 6) is 4.00. The van der Waals surface area contributed by atoms with Gasteiger partial charge in [0.25, 0.3) is 0 Å². The summed E-state index contributed by atoms with van der Waals surface area (Å²) in [6, 6.07) is 5.66. The van der Waals surface area contributed by atoms with Gasteiger partial charge in [0.1, 0.15) is 6.04 Å². The van der Waals surface area contributed by atoms with Crippen LogP contribution in [0, 0.1) is 23.2 Å². The monoisotopic (exact) mass is 468 g/mol. The van der Waals surface area contributed by atoms with Crippen LogP contribution in [-0.4, -0.2) is 49.1 Å². The van der Waals surface area contributed by atoms with Gasteiger partial charge in [0.2, 0.25) is 11.8 Å². The second-order valence-electron chi connectivity index (χ2n) is 11.0. The third kappa shape index (κ3) is 4.52. The highest BCUT2D eigenvalue weighted by Gasteiger charge is 2.56. The topological polar surface area (TPSA) is 67.9 Å². The molecule has 6 rings (SSSR count). The summed E-state index contributed by atoms with van der Waals surface area (Å²) in [6.07, 6.45) is 9.57. The SMILES string of the molecule is CCOc1ccc(CCNC(=O)C2CCCN2C(=O)C23CC4CC(CC(C4)C2)C3)cc1OCC. The van der Waals surface area contributed by atoms with Crippen molar-refractivity contribution < 1.29 is 19.1 Å². The lowest BCUT2D eigenvalue weighted by atomic mass is 9.49. The van der Waals surface area contributed by atoms with Crippen LogP contribution in [0.4, 0.5) is 0 Å². The maximum atomic E-state index is 13.8. The summed E-state index contributed by atoms with van der Waals surface area (Å²) >= 11 is 0. The summed E-state index contributed by atoms with van der Waals surface area (Å²) in [5, 5.41) is 3.12. The molecule has 5 aliphatic rings. The molecule has 0 spiro atoms. The summed E-state index contributed by atoms with van der Waals surface area (Å²) < 4.78 is 11.4. The first-order chi connectivity index (χ1) is 16.5. The highest BCUT2D eigenvalue weighted by atomic mass is 16.5. The number of carbonyl (C=O) groups is 2. The number of amides is 2. The van der Waals surface area contributed by atoms with Crippen molar-refractivity contribution in [3.05, 3.63) is 23.8 Å². The second-order valence-corrected chi connectivity index (χ2v) is 11.0. The van der Waals surface area contributed by atoms with Gasteiger partial charge in [0, 0.05) is 13.1 Å². The van der Waals surface area contributed by atoms with Gasteiger partial charge in [-0.25, -0.2) is 0 Å². The number of likely N-dealkylation sites (tertiary alicyclic amines) is 1. The van der Waals surface area contributed by atoms with Crippen LogP contribution in [0.2, 0.25) is 0 Å². The van der Waals surface area contributed by atoms with Crippen molar-refractivity contribution >= 4 is 11.8 Å². The van der Waals surface area contributed by atoms with Gasteiger partial charge in [-0.3, -0.25) is 9.59 Å². The molecule has 0 aromatic heterocycles. The molecule has 1 aromatic carbocycles. The van der Waals surface area contributed by atoms with Crippen molar-refractivity contribution in [1.29, 1.82) is 0 Å². The molecular formula is C28H40N2O4. The molecule has 1 N–H and O–H groups in total. The Morgan fingerprint density at radius 3 is 2.29 bits per heavy atom. The van der Waals surface area contributed by atoms with Gasteiger partial charge in [-0.15, -0.1) is 0 Å². The molecule has 4 bridgehead atoms. The molecular weight excluding hydrogens is 428 g/mol. The zero-order valence-electron chi connectivity index (χ0n) is 20.8. The van der Waals surface area contributed by atoms with Gasteiger partial charge in [-0.05, 0) is 107 Å². The Morgan fingerprint density at radius 2 is 1.65 bits per heavy atom. The third-order valence-electron chi connectivity index (χ3n) is 8.63. The Bertz CT molecular complexity index is 878. The molecule has 4 aliphatic carbocycles. The van der Waals surface area contributed by atoms with Gasteiger partial charge in [-0.1, -0.05) is 6.07 Å². The first-order valence-electron chi connectivity index (χ1n) is 13.5. The van der Waals surface area contributed by atoms with Crippen LogP contribution in [0.3, 0.4) is 0 Å². The normalized spacial score (nSPS) is 31.5. The summed E-state index contributed by atoms with van der Waals surface area (Å²) in [4.78, 5) is 28.9. The Balaban J connectivity index is 1.18. The van der Waals surface area contributed by atoms with Crippen molar-refractivity contribution in [3.63, 3.8) is 0 Å². The number of hydrogen-bond acceptors (Lipinski definition) is 4. The van der Waals surface area contributed by atoms with Gasteiger partial charge in [0.15, 0.2) is 11.5 Å². The molecule has 34 heavy (non-hydrogen) atoms. The van der Waals surface area contributed by atoms with Crippen LogP contribution in [-0.2, 0) is 16.0 Å². The number of rotatable bonds is 9. The van der Waals surface area contributed by atoms with E-state index in [1.54, 1.807) is 0 Å². The first kappa shape index (κ1) is 23.5. The van der Waals surface area contributed by atoms with E-state index in [-0.39, 0.29) is 23.3 Å². The van der Waals surface area contributed by atoms with Crippen LogP contribution in [0.15, 0.2) is 18.2 Å². The van der Waals surface area contributed by atoms with E-state index in [0.717, 1.165) is 73.5 Å². The lowest BCUT2D eigenvalue weighted by molar-refractivity contribution is -0.160. The Labute approximate surface area is 203 Å². The number of hydrogen-bond donors (Lipinski definition) is 1. The van der Waals surface area contributed by atoms with Gasteiger partial charge in [-0.2, -0.15) is 0 Å². The molecule has 1 aromatic rings. The maximum Gasteiger partial charge on any atom is 0.242 e. The third-order valence-corrected chi connectivity index (χ3v) is 8.63. The summed E-state index contributed by atoms with van der Waals surface area (Å²) in [6.45, 7) is 6.37. The fourth-order valence-corrected chi connectivity index (χ4v) is 7.66. The molecule has 186 valence electrons. The van der Waals surface area contributed by atoms with E-state index < -0.39 is 0 Å². The van der Waals surface area contributed by atoms with E-state index in [1.807, 2.05) is 36.9 Å². The van der Waals surface area contributed by atoms with Gasteiger partial charge >= 0.3 is 0 Å². The van der Waals surface area contributed by atoms with Gasteiger partial charge < -0.3 is 19.7 Å². The summed E-state index contributed by atoms with van der Waals surface area (Å²) in [7, 11) is 0. The van der Waals surface area contributed by atoms with Crippen molar-refractivity contribution in [1.82, 2.24) is 10.2 Å². The minimum absolute atomic E-state index is 0.00606. The Hall–Kier alpha value is -2.24. The molecule has 1 heterocycles.